The number of ether oxygens (including phenoxy) is 1. The Balaban J connectivity index is 4.01. The first-order valence-electron chi connectivity index (χ1n) is 5.97. The minimum atomic E-state index is -0.539. The van der Waals surface area contributed by atoms with Gasteiger partial charge in [-0.2, -0.15) is 0 Å². The highest BCUT2D eigenvalue weighted by molar-refractivity contribution is 5.80. The molecule has 0 aromatic heterocycles. The molecule has 1 unspecified atom stereocenters. The van der Waals surface area contributed by atoms with E-state index in [1.807, 2.05) is 20.9 Å². The van der Waals surface area contributed by atoms with Gasteiger partial charge in [0.2, 0.25) is 0 Å². The Bertz CT molecular complexity index is 207. The van der Waals surface area contributed by atoms with Gasteiger partial charge in [-0.1, -0.05) is 0 Å². The summed E-state index contributed by atoms with van der Waals surface area (Å²) in [7, 11) is 5.92. The van der Waals surface area contributed by atoms with E-state index in [4.69, 9.17) is 4.74 Å². The minimum Gasteiger partial charge on any atom is -0.465 e. The molecule has 96 valence electrons. The molecule has 1 N–H and O–H groups in total. The fourth-order valence-electron chi connectivity index (χ4n) is 1.53. The lowest BCUT2D eigenvalue weighted by atomic mass is 9.95. The monoisotopic (exact) mass is 230 g/mol. The lowest BCUT2D eigenvalue weighted by Gasteiger charge is -2.26. The maximum atomic E-state index is 11.7. The molecule has 0 spiro atoms. The SMILES string of the molecule is CCOC(=O)C(C)(CCCCN(C)C)NC. The average Bonchev–Trinajstić information content (AvgIpc) is 2.24. The molecule has 0 radical (unpaired) electrons. The number of likely N-dealkylation sites (N-methyl/N-ethyl adjacent to an activating group) is 1. The van der Waals surface area contributed by atoms with Crippen molar-refractivity contribution in [3.63, 3.8) is 0 Å². The van der Waals surface area contributed by atoms with Crippen LogP contribution in [0.25, 0.3) is 0 Å². The van der Waals surface area contributed by atoms with Crippen LogP contribution in [0, 0.1) is 0 Å². The van der Waals surface area contributed by atoms with E-state index in [2.05, 4.69) is 24.3 Å². The van der Waals surface area contributed by atoms with Crippen LogP contribution in [-0.2, 0) is 9.53 Å². The van der Waals surface area contributed by atoms with Gasteiger partial charge in [-0.15, -0.1) is 0 Å². The van der Waals surface area contributed by atoms with Crippen molar-refractivity contribution in [3.05, 3.63) is 0 Å². The van der Waals surface area contributed by atoms with Crippen LogP contribution < -0.4 is 5.32 Å². The molecule has 0 aliphatic rings. The van der Waals surface area contributed by atoms with Crippen molar-refractivity contribution in [2.24, 2.45) is 0 Å². The van der Waals surface area contributed by atoms with Crippen LogP contribution in [0.15, 0.2) is 0 Å². The molecule has 0 aliphatic heterocycles. The van der Waals surface area contributed by atoms with E-state index in [-0.39, 0.29) is 5.97 Å². The highest BCUT2D eigenvalue weighted by Crippen LogP contribution is 2.15. The summed E-state index contributed by atoms with van der Waals surface area (Å²) in [4.78, 5) is 13.9. The number of hydrogen-bond donors (Lipinski definition) is 1. The van der Waals surface area contributed by atoms with Gasteiger partial charge in [0.05, 0.1) is 6.61 Å². The third kappa shape index (κ3) is 5.47. The summed E-state index contributed by atoms with van der Waals surface area (Å²) in [5.41, 5.74) is -0.539. The molecule has 16 heavy (non-hydrogen) atoms. The third-order valence-corrected chi connectivity index (χ3v) is 2.81. The Hall–Kier alpha value is -0.610. The molecule has 4 nitrogen and oxygen atoms in total. The van der Waals surface area contributed by atoms with Crippen molar-refractivity contribution in [2.45, 2.75) is 38.6 Å². The summed E-state index contributed by atoms with van der Waals surface area (Å²) in [6, 6.07) is 0. The van der Waals surface area contributed by atoms with E-state index >= 15 is 0 Å². The van der Waals surface area contributed by atoms with Crippen LogP contribution in [0.1, 0.15) is 33.1 Å². The molecule has 1 atom stereocenters. The first kappa shape index (κ1) is 15.4. The van der Waals surface area contributed by atoms with Crippen LogP contribution >= 0.6 is 0 Å². The van der Waals surface area contributed by atoms with Gasteiger partial charge in [0.15, 0.2) is 0 Å². The normalized spacial score (nSPS) is 14.9. The topological polar surface area (TPSA) is 41.6 Å². The fourth-order valence-corrected chi connectivity index (χ4v) is 1.53. The number of nitrogens with one attached hydrogen (secondary N) is 1. The zero-order valence-electron chi connectivity index (χ0n) is 11.3. The number of carbonyl (C=O) groups excluding carboxylic acids is 1. The largest absolute Gasteiger partial charge is 0.465 e. The smallest absolute Gasteiger partial charge is 0.326 e. The molecule has 0 rings (SSSR count). The van der Waals surface area contributed by atoms with E-state index in [0.29, 0.717) is 6.61 Å². The maximum absolute atomic E-state index is 11.7. The van der Waals surface area contributed by atoms with Crippen molar-refractivity contribution < 1.29 is 9.53 Å². The Morgan fingerprint density at radius 1 is 1.38 bits per heavy atom. The second-order valence-electron chi connectivity index (χ2n) is 4.56. The number of carbonyl (C=O) groups is 1. The molecular formula is C12H26N2O2. The molecular weight excluding hydrogens is 204 g/mol. The molecule has 0 aromatic carbocycles. The summed E-state index contributed by atoms with van der Waals surface area (Å²) in [5.74, 6) is -0.151. The predicted octanol–water partition coefficient (Wildman–Crippen LogP) is 1.26. The second-order valence-corrected chi connectivity index (χ2v) is 4.56. The molecule has 0 heterocycles. The molecule has 4 heteroatoms. The predicted molar refractivity (Wildman–Crippen MR) is 66.5 cm³/mol. The molecule has 0 fully saturated rings. The number of esters is 1. The maximum Gasteiger partial charge on any atom is 0.326 e. The van der Waals surface area contributed by atoms with Crippen molar-refractivity contribution in [2.75, 3.05) is 34.3 Å². The van der Waals surface area contributed by atoms with E-state index in [1.54, 1.807) is 0 Å². The first-order valence-corrected chi connectivity index (χ1v) is 5.97. The van der Waals surface area contributed by atoms with Crippen LogP contribution in [0.2, 0.25) is 0 Å². The highest BCUT2D eigenvalue weighted by atomic mass is 16.5. The van der Waals surface area contributed by atoms with Gasteiger partial charge in [-0.05, 0) is 60.8 Å². The van der Waals surface area contributed by atoms with Crippen LogP contribution in [-0.4, -0.2) is 50.7 Å². The molecule has 0 aromatic rings. The highest BCUT2D eigenvalue weighted by Gasteiger charge is 2.31. The Morgan fingerprint density at radius 3 is 2.44 bits per heavy atom. The second kappa shape index (κ2) is 7.63. The van der Waals surface area contributed by atoms with Crippen molar-refractivity contribution in [1.29, 1.82) is 0 Å². The van der Waals surface area contributed by atoms with Gasteiger partial charge in [0.1, 0.15) is 5.54 Å². The van der Waals surface area contributed by atoms with Gasteiger partial charge in [-0.25, -0.2) is 0 Å². The summed E-state index contributed by atoms with van der Waals surface area (Å²) < 4.78 is 5.06. The fraction of sp³-hybridized carbons (Fsp3) is 0.917. The first-order chi connectivity index (χ1) is 7.46. The molecule has 0 bridgehead atoms. The van der Waals surface area contributed by atoms with Crippen molar-refractivity contribution >= 4 is 5.97 Å². The van der Waals surface area contributed by atoms with Crippen LogP contribution in [0.5, 0.6) is 0 Å². The Morgan fingerprint density at radius 2 is 2.00 bits per heavy atom. The van der Waals surface area contributed by atoms with Crippen molar-refractivity contribution in [3.8, 4) is 0 Å². The number of hydrogen-bond acceptors (Lipinski definition) is 4. The van der Waals surface area contributed by atoms with E-state index in [1.165, 1.54) is 0 Å². The van der Waals surface area contributed by atoms with Crippen molar-refractivity contribution in [1.82, 2.24) is 10.2 Å². The quantitative estimate of drug-likeness (QED) is 0.503. The molecule has 0 saturated heterocycles. The van der Waals surface area contributed by atoms with E-state index in [9.17, 15) is 4.79 Å². The van der Waals surface area contributed by atoms with E-state index in [0.717, 1.165) is 25.8 Å². The molecule has 0 amide bonds. The van der Waals surface area contributed by atoms with Crippen LogP contribution in [0.4, 0.5) is 0 Å². The van der Waals surface area contributed by atoms with Gasteiger partial charge in [-0.3, -0.25) is 4.79 Å². The Kier molecular flexibility index (Phi) is 7.34. The summed E-state index contributed by atoms with van der Waals surface area (Å²) in [6.07, 6.45) is 2.94. The van der Waals surface area contributed by atoms with Gasteiger partial charge < -0.3 is 15.0 Å². The lowest BCUT2D eigenvalue weighted by molar-refractivity contribution is -0.150. The minimum absolute atomic E-state index is 0.151. The lowest BCUT2D eigenvalue weighted by Crippen LogP contribution is -2.48. The standard InChI is InChI=1S/C12H26N2O2/c1-6-16-11(15)12(2,13-3)9-7-8-10-14(4)5/h13H,6-10H2,1-5H3. The zero-order chi connectivity index (χ0) is 12.6. The molecule has 0 saturated carbocycles. The van der Waals surface area contributed by atoms with E-state index < -0.39 is 5.54 Å². The summed E-state index contributed by atoms with van der Waals surface area (Å²) in [5, 5.41) is 3.06. The van der Waals surface area contributed by atoms with Gasteiger partial charge in [0.25, 0.3) is 0 Å². The molecule has 0 aliphatic carbocycles. The Labute approximate surface area is 99.3 Å². The summed E-state index contributed by atoms with van der Waals surface area (Å²) in [6.45, 7) is 5.23. The zero-order valence-corrected chi connectivity index (χ0v) is 11.3. The summed E-state index contributed by atoms with van der Waals surface area (Å²) >= 11 is 0. The average molecular weight is 230 g/mol. The number of unbranched alkanes of at least 4 members (excludes halogenated alkanes) is 1. The van der Waals surface area contributed by atoms with Gasteiger partial charge >= 0.3 is 5.97 Å². The van der Waals surface area contributed by atoms with Gasteiger partial charge in [0, 0.05) is 0 Å². The number of rotatable bonds is 8. The number of nitrogens with zero attached hydrogens (tertiary/aromatic N) is 1. The van der Waals surface area contributed by atoms with Crippen LogP contribution in [0.3, 0.4) is 0 Å². The third-order valence-electron chi connectivity index (χ3n) is 2.81.